The molecule has 0 bridgehead atoms. The summed E-state index contributed by atoms with van der Waals surface area (Å²) in [7, 11) is 0. The molecule has 3 fully saturated rings. The number of anilines is 2. The van der Waals surface area contributed by atoms with Crippen LogP contribution in [0.2, 0.25) is 0 Å². The van der Waals surface area contributed by atoms with E-state index in [1.165, 1.54) is 24.3 Å². The molecule has 32 heavy (non-hydrogen) atoms. The number of amides is 3. The number of fused-ring (bicyclic) bond motifs is 7. The molecule has 10 heteroatoms. The number of imide groups is 1. The lowest BCUT2D eigenvalue weighted by Gasteiger charge is -2.36. The predicted molar refractivity (Wildman–Crippen MR) is 117 cm³/mol. The number of nitrogens with one attached hydrogen (secondary N) is 1. The summed E-state index contributed by atoms with van der Waals surface area (Å²) in [5.41, 5.74) is 0.0194. The Hall–Kier alpha value is -3.11. The molecule has 2 aromatic rings. The van der Waals surface area contributed by atoms with E-state index in [1.807, 2.05) is 17.0 Å². The Labute approximate surface area is 190 Å². The Morgan fingerprint density at radius 1 is 1.12 bits per heavy atom. The van der Waals surface area contributed by atoms with E-state index < -0.39 is 34.1 Å². The van der Waals surface area contributed by atoms with Crippen molar-refractivity contribution in [1.82, 2.24) is 4.90 Å². The van der Waals surface area contributed by atoms with E-state index >= 15 is 0 Å². The van der Waals surface area contributed by atoms with Crippen LogP contribution in [0.5, 0.6) is 0 Å². The molecule has 3 saturated heterocycles. The molecule has 4 heterocycles. The molecule has 1 N–H and O–H groups in total. The lowest BCUT2D eigenvalue weighted by molar-refractivity contribution is -0.384. The van der Waals surface area contributed by atoms with E-state index in [1.54, 1.807) is 6.07 Å². The van der Waals surface area contributed by atoms with Gasteiger partial charge in [0.1, 0.15) is 5.54 Å². The first-order chi connectivity index (χ1) is 15.4. The maximum Gasteiger partial charge on any atom is 0.271 e. The molecule has 2 aromatic carbocycles. The van der Waals surface area contributed by atoms with E-state index in [2.05, 4.69) is 21.2 Å². The Balaban J connectivity index is 1.54. The highest BCUT2D eigenvalue weighted by Gasteiger charge is 2.74. The lowest BCUT2D eigenvalue weighted by atomic mass is 9.75. The summed E-state index contributed by atoms with van der Waals surface area (Å²) in [6, 6.07) is 10.7. The Morgan fingerprint density at radius 3 is 2.72 bits per heavy atom. The summed E-state index contributed by atoms with van der Waals surface area (Å²) >= 11 is 3.47. The highest BCUT2D eigenvalue weighted by molar-refractivity contribution is 9.10. The molecule has 0 radical (unpaired) electrons. The number of benzene rings is 2. The Bertz CT molecular complexity index is 1250. The molecule has 4 atom stereocenters. The highest BCUT2D eigenvalue weighted by Crippen LogP contribution is 2.60. The second-order valence-electron chi connectivity index (χ2n) is 8.61. The molecular weight excluding hydrogens is 480 g/mol. The monoisotopic (exact) mass is 496 g/mol. The molecule has 0 aliphatic carbocycles. The number of rotatable bonds is 2. The average molecular weight is 497 g/mol. The van der Waals surface area contributed by atoms with Gasteiger partial charge in [-0.1, -0.05) is 22.0 Å². The molecule has 0 unspecified atom stereocenters. The number of nitrogens with zero attached hydrogens (tertiary/aromatic N) is 3. The quantitative estimate of drug-likeness (QED) is 0.388. The van der Waals surface area contributed by atoms with Crippen LogP contribution in [0.25, 0.3) is 0 Å². The van der Waals surface area contributed by atoms with Crippen LogP contribution in [-0.4, -0.2) is 40.1 Å². The Kier molecular flexibility index (Phi) is 3.95. The van der Waals surface area contributed by atoms with Crippen LogP contribution in [0.1, 0.15) is 18.4 Å². The van der Waals surface area contributed by atoms with Crippen molar-refractivity contribution in [2.24, 2.45) is 11.8 Å². The smallest absolute Gasteiger partial charge is 0.271 e. The number of carbonyl (C=O) groups is 3. The highest BCUT2D eigenvalue weighted by atomic mass is 79.9. The molecule has 4 aliphatic rings. The second kappa shape index (κ2) is 6.46. The van der Waals surface area contributed by atoms with Crippen LogP contribution in [0.4, 0.5) is 17.1 Å². The zero-order valence-corrected chi connectivity index (χ0v) is 18.2. The first-order valence-electron chi connectivity index (χ1n) is 10.4. The Morgan fingerprint density at radius 2 is 1.94 bits per heavy atom. The van der Waals surface area contributed by atoms with Crippen LogP contribution >= 0.6 is 15.9 Å². The van der Waals surface area contributed by atoms with Crippen molar-refractivity contribution in [3.8, 4) is 0 Å². The first-order valence-corrected chi connectivity index (χ1v) is 11.2. The largest absolute Gasteiger partial charge is 0.324 e. The van der Waals surface area contributed by atoms with Gasteiger partial charge in [-0.25, -0.2) is 4.90 Å². The van der Waals surface area contributed by atoms with Crippen molar-refractivity contribution in [2.75, 3.05) is 16.8 Å². The minimum absolute atomic E-state index is 0.163. The van der Waals surface area contributed by atoms with Crippen LogP contribution < -0.4 is 10.2 Å². The van der Waals surface area contributed by atoms with E-state index in [9.17, 15) is 24.5 Å². The molecule has 3 amide bonds. The number of halogens is 1. The van der Waals surface area contributed by atoms with Gasteiger partial charge in [-0.15, -0.1) is 0 Å². The van der Waals surface area contributed by atoms with Crippen molar-refractivity contribution >= 4 is 50.7 Å². The second-order valence-corrected chi connectivity index (χ2v) is 9.52. The lowest BCUT2D eigenvalue weighted by Crippen LogP contribution is -2.54. The maximum absolute atomic E-state index is 13.8. The van der Waals surface area contributed by atoms with Crippen LogP contribution in [0.3, 0.4) is 0 Å². The third-order valence-corrected chi connectivity index (χ3v) is 7.75. The molecule has 1 spiro atoms. The standard InChI is InChI=1S/C22H17BrN4O5/c23-11-6-7-15-14(9-11)22(21(30)24-15)18-17(16-5-2-8-25(16)22)19(28)26(20(18)29)12-3-1-4-13(10-12)27(31)32/h1,3-4,6-7,9-10,16-18H,2,5,8H2,(H,24,30)/t16-,17+,18+,22-/m1/s1. The summed E-state index contributed by atoms with van der Waals surface area (Å²) in [6.45, 7) is 0.619. The molecular formula is C22H17BrN4O5. The van der Waals surface area contributed by atoms with Gasteiger partial charge in [0.25, 0.3) is 5.69 Å². The third kappa shape index (κ3) is 2.23. The number of hydrogen-bond acceptors (Lipinski definition) is 6. The SMILES string of the molecule is O=C1[C@H]2[C@H]3CCCN3[C@@]3(C(=O)Nc4ccc(Br)cc43)[C@@H]2C(=O)N1c1cccc([N+](=O)[O-])c1. The van der Waals surface area contributed by atoms with E-state index in [0.29, 0.717) is 24.2 Å². The number of nitro benzene ring substituents is 1. The van der Waals surface area contributed by atoms with Crippen LogP contribution in [0, 0.1) is 22.0 Å². The number of non-ortho nitro benzene ring substituents is 1. The van der Waals surface area contributed by atoms with Crippen molar-refractivity contribution in [1.29, 1.82) is 0 Å². The topological polar surface area (TPSA) is 113 Å². The van der Waals surface area contributed by atoms with Crippen molar-refractivity contribution < 1.29 is 19.3 Å². The van der Waals surface area contributed by atoms with Gasteiger partial charge >= 0.3 is 0 Å². The van der Waals surface area contributed by atoms with Crippen LogP contribution in [-0.2, 0) is 19.9 Å². The van der Waals surface area contributed by atoms with Crippen molar-refractivity contribution in [3.05, 3.63) is 62.6 Å². The van der Waals surface area contributed by atoms with Gasteiger partial charge in [-0.3, -0.25) is 29.4 Å². The van der Waals surface area contributed by atoms with Gasteiger partial charge in [0.2, 0.25) is 17.7 Å². The summed E-state index contributed by atoms with van der Waals surface area (Å²) in [6.07, 6.45) is 1.53. The minimum atomic E-state index is -1.27. The molecule has 9 nitrogen and oxygen atoms in total. The van der Waals surface area contributed by atoms with Gasteiger partial charge in [-0.2, -0.15) is 0 Å². The average Bonchev–Trinajstić information content (AvgIpc) is 3.46. The minimum Gasteiger partial charge on any atom is -0.324 e. The van der Waals surface area contributed by atoms with Gasteiger partial charge in [0, 0.05) is 33.9 Å². The third-order valence-electron chi connectivity index (χ3n) is 7.25. The van der Waals surface area contributed by atoms with Crippen LogP contribution in [0.15, 0.2) is 46.9 Å². The molecule has 6 rings (SSSR count). The summed E-state index contributed by atoms with van der Waals surface area (Å²) in [4.78, 5) is 54.8. The summed E-state index contributed by atoms with van der Waals surface area (Å²) in [5, 5.41) is 14.2. The molecule has 4 aliphatic heterocycles. The maximum atomic E-state index is 13.8. The molecule has 0 saturated carbocycles. The predicted octanol–water partition coefficient (Wildman–Crippen LogP) is 2.79. The number of hydrogen-bond donors (Lipinski definition) is 1. The zero-order valence-electron chi connectivity index (χ0n) is 16.7. The zero-order chi connectivity index (χ0) is 22.4. The fraction of sp³-hybridized carbons (Fsp3) is 0.318. The molecule has 162 valence electrons. The number of carbonyl (C=O) groups excluding carboxylic acids is 3. The number of nitro groups is 1. The van der Waals surface area contributed by atoms with E-state index in [-0.39, 0.29) is 23.3 Å². The fourth-order valence-corrected chi connectivity index (χ4v) is 6.54. The van der Waals surface area contributed by atoms with Gasteiger partial charge in [0.05, 0.1) is 22.4 Å². The van der Waals surface area contributed by atoms with Crippen molar-refractivity contribution in [3.63, 3.8) is 0 Å². The molecule has 0 aromatic heterocycles. The van der Waals surface area contributed by atoms with Gasteiger partial charge in [-0.05, 0) is 43.7 Å². The van der Waals surface area contributed by atoms with Gasteiger partial charge < -0.3 is 5.32 Å². The first kappa shape index (κ1) is 19.6. The fourth-order valence-electron chi connectivity index (χ4n) is 6.18. The van der Waals surface area contributed by atoms with E-state index in [0.717, 1.165) is 15.8 Å². The van der Waals surface area contributed by atoms with Gasteiger partial charge in [0.15, 0.2) is 0 Å². The van der Waals surface area contributed by atoms with Crippen molar-refractivity contribution in [2.45, 2.75) is 24.4 Å². The normalized spacial score (nSPS) is 30.6. The summed E-state index contributed by atoms with van der Waals surface area (Å²) in [5.74, 6) is -2.76. The van der Waals surface area contributed by atoms with E-state index in [4.69, 9.17) is 0 Å². The summed E-state index contributed by atoms with van der Waals surface area (Å²) < 4.78 is 0.777.